The van der Waals surface area contributed by atoms with E-state index in [1.807, 2.05) is 24.3 Å². The minimum Gasteiger partial charge on any atom is -0.380 e. The highest BCUT2D eigenvalue weighted by molar-refractivity contribution is 5.42. The van der Waals surface area contributed by atoms with Crippen molar-refractivity contribution >= 4 is 0 Å². The van der Waals surface area contributed by atoms with Gasteiger partial charge in [0.15, 0.2) is 11.6 Å². The van der Waals surface area contributed by atoms with Gasteiger partial charge in [0.25, 0.3) is 0 Å². The molecule has 20 heavy (non-hydrogen) atoms. The van der Waals surface area contributed by atoms with Crippen molar-refractivity contribution in [3.63, 3.8) is 0 Å². The smallest absolute Gasteiger partial charge is 0.159 e. The van der Waals surface area contributed by atoms with Gasteiger partial charge in [0.1, 0.15) is 5.60 Å². The lowest BCUT2D eigenvalue weighted by Crippen LogP contribution is -2.27. The third-order valence-electron chi connectivity index (χ3n) is 4.09. The fourth-order valence-electron chi connectivity index (χ4n) is 3.03. The summed E-state index contributed by atoms with van der Waals surface area (Å²) < 4.78 is 26.6. The second-order valence-electron chi connectivity index (χ2n) is 5.35. The van der Waals surface area contributed by atoms with Gasteiger partial charge in [-0.05, 0) is 54.5 Å². The minimum atomic E-state index is -1.23. The van der Waals surface area contributed by atoms with Crippen molar-refractivity contribution in [2.45, 2.75) is 31.3 Å². The molecular formula is C17H16F2O. The SMILES string of the molecule is OC1(c2ccc(F)c(F)c2)CCCCc2ccccc21. The lowest BCUT2D eigenvalue weighted by atomic mass is 9.82. The molecule has 1 aliphatic carbocycles. The number of aryl methyl sites for hydroxylation is 1. The van der Waals surface area contributed by atoms with E-state index in [0.717, 1.165) is 42.5 Å². The van der Waals surface area contributed by atoms with Crippen molar-refractivity contribution < 1.29 is 13.9 Å². The number of aliphatic hydroxyl groups is 1. The molecule has 0 fully saturated rings. The summed E-state index contributed by atoms with van der Waals surface area (Å²) in [6.07, 6.45) is 3.27. The van der Waals surface area contributed by atoms with Crippen molar-refractivity contribution in [1.82, 2.24) is 0 Å². The number of halogens is 2. The molecule has 0 amide bonds. The van der Waals surface area contributed by atoms with Crippen molar-refractivity contribution in [2.24, 2.45) is 0 Å². The molecule has 0 bridgehead atoms. The molecule has 0 aliphatic heterocycles. The highest BCUT2D eigenvalue weighted by atomic mass is 19.2. The van der Waals surface area contributed by atoms with E-state index in [0.29, 0.717) is 12.0 Å². The number of rotatable bonds is 1. The fourth-order valence-corrected chi connectivity index (χ4v) is 3.03. The molecule has 1 N–H and O–H groups in total. The van der Waals surface area contributed by atoms with Crippen molar-refractivity contribution in [2.75, 3.05) is 0 Å². The van der Waals surface area contributed by atoms with Crippen LogP contribution < -0.4 is 0 Å². The summed E-state index contributed by atoms with van der Waals surface area (Å²) in [5.41, 5.74) is 1.08. The number of hydrogen-bond donors (Lipinski definition) is 1. The Morgan fingerprint density at radius 3 is 2.55 bits per heavy atom. The van der Waals surface area contributed by atoms with E-state index in [1.165, 1.54) is 6.07 Å². The Kier molecular flexibility index (Phi) is 3.30. The third-order valence-corrected chi connectivity index (χ3v) is 4.09. The monoisotopic (exact) mass is 274 g/mol. The molecule has 0 heterocycles. The first-order chi connectivity index (χ1) is 9.61. The summed E-state index contributed by atoms with van der Waals surface area (Å²) in [7, 11) is 0. The van der Waals surface area contributed by atoms with E-state index in [-0.39, 0.29) is 0 Å². The fraction of sp³-hybridized carbons (Fsp3) is 0.294. The lowest BCUT2D eigenvalue weighted by molar-refractivity contribution is 0.0700. The molecular weight excluding hydrogens is 258 g/mol. The number of benzene rings is 2. The third kappa shape index (κ3) is 2.12. The molecule has 1 unspecified atom stereocenters. The molecule has 1 atom stereocenters. The summed E-state index contributed by atoms with van der Waals surface area (Å²) in [6.45, 7) is 0. The van der Waals surface area contributed by atoms with Crippen molar-refractivity contribution in [3.05, 3.63) is 70.8 Å². The predicted molar refractivity (Wildman–Crippen MR) is 73.4 cm³/mol. The second kappa shape index (κ2) is 4.98. The first kappa shape index (κ1) is 13.3. The van der Waals surface area contributed by atoms with Gasteiger partial charge in [-0.2, -0.15) is 0 Å². The van der Waals surface area contributed by atoms with Gasteiger partial charge in [-0.15, -0.1) is 0 Å². The molecule has 0 spiro atoms. The van der Waals surface area contributed by atoms with Crippen LogP contribution in [0, 0.1) is 11.6 Å². The van der Waals surface area contributed by atoms with Crippen LogP contribution in [0.5, 0.6) is 0 Å². The standard InChI is InChI=1S/C17H16F2O/c18-15-9-8-13(11-16(15)19)17(20)10-4-3-6-12-5-1-2-7-14(12)17/h1-2,5,7-9,11,20H,3-4,6,10H2. The number of hydrogen-bond acceptors (Lipinski definition) is 1. The Labute approximate surface area is 116 Å². The topological polar surface area (TPSA) is 20.2 Å². The molecule has 0 saturated heterocycles. The van der Waals surface area contributed by atoms with E-state index in [4.69, 9.17) is 0 Å². The maximum Gasteiger partial charge on any atom is 0.159 e. The first-order valence-electron chi connectivity index (χ1n) is 6.87. The Bertz CT molecular complexity index is 639. The lowest BCUT2D eigenvalue weighted by Gasteiger charge is -2.29. The molecule has 0 radical (unpaired) electrons. The van der Waals surface area contributed by atoms with Crippen LogP contribution in [0.1, 0.15) is 36.0 Å². The number of fused-ring (bicyclic) bond motifs is 1. The average molecular weight is 274 g/mol. The van der Waals surface area contributed by atoms with Gasteiger partial charge in [-0.3, -0.25) is 0 Å². The van der Waals surface area contributed by atoms with Gasteiger partial charge in [0.05, 0.1) is 0 Å². The van der Waals surface area contributed by atoms with Crippen LogP contribution in [0.25, 0.3) is 0 Å². The van der Waals surface area contributed by atoms with Gasteiger partial charge in [-0.1, -0.05) is 30.3 Å². The van der Waals surface area contributed by atoms with Crippen LogP contribution in [0.2, 0.25) is 0 Å². The normalized spacial score (nSPS) is 22.1. The van der Waals surface area contributed by atoms with Crippen LogP contribution in [0.15, 0.2) is 42.5 Å². The van der Waals surface area contributed by atoms with Gasteiger partial charge >= 0.3 is 0 Å². The molecule has 1 aliphatic rings. The Balaban J connectivity index is 2.17. The van der Waals surface area contributed by atoms with E-state index in [9.17, 15) is 13.9 Å². The van der Waals surface area contributed by atoms with E-state index < -0.39 is 17.2 Å². The molecule has 2 aromatic rings. The highest BCUT2D eigenvalue weighted by Gasteiger charge is 2.35. The van der Waals surface area contributed by atoms with Gasteiger partial charge in [0, 0.05) is 0 Å². The zero-order valence-electron chi connectivity index (χ0n) is 11.1. The summed E-state index contributed by atoms with van der Waals surface area (Å²) in [6, 6.07) is 11.3. The van der Waals surface area contributed by atoms with Crippen molar-refractivity contribution in [3.8, 4) is 0 Å². The van der Waals surface area contributed by atoms with Crippen LogP contribution >= 0.6 is 0 Å². The quantitative estimate of drug-likeness (QED) is 0.781. The summed E-state index contributed by atoms with van der Waals surface area (Å²) in [5.74, 6) is -1.81. The Morgan fingerprint density at radius 1 is 0.950 bits per heavy atom. The zero-order chi connectivity index (χ0) is 14.2. The molecule has 2 aromatic carbocycles. The molecule has 104 valence electrons. The van der Waals surface area contributed by atoms with Crippen LogP contribution in [-0.4, -0.2) is 5.11 Å². The van der Waals surface area contributed by atoms with E-state index in [2.05, 4.69) is 0 Å². The van der Waals surface area contributed by atoms with Crippen LogP contribution in [-0.2, 0) is 12.0 Å². The molecule has 3 rings (SSSR count). The Hall–Kier alpha value is -1.74. The maximum absolute atomic E-state index is 13.5. The summed E-state index contributed by atoms with van der Waals surface area (Å²) >= 11 is 0. The van der Waals surface area contributed by atoms with Gasteiger partial charge in [-0.25, -0.2) is 8.78 Å². The first-order valence-corrected chi connectivity index (χ1v) is 6.87. The predicted octanol–water partition coefficient (Wildman–Crippen LogP) is 3.93. The average Bonchev–Trinajstić information content (AvgIpc) is 2.63. The molecule has 1 nitrogen and oxygen atoms in total. The van der Waals surface area contributed by atoms with Crippen LogP contribution in [0.3, 0.4) is 0 Å². The van der Waals surface area contributed by atoms with Gasteiger partial charge < -0.3 is 5.11 Å². The largest absolute Gasteiger partial charge is 0.380 e. The van der Waals surface area contributed by atoms with Gasteiger partial charge in [0.2, 0.25) is 0 Å². The van der Waals surface area contributed by atoms with E-state index >= 15 is 0 Å². The van der Waals surface area contributed by atoms with E-state index in [1.54, 1.807) is 0 Å². The second-order valence-corrected chi connectivity index (χ2v) is 5.35. The Morgan fingerprint density at radius 2 is 1.75 bits per heavy atom. The zero-order valence-corrected chi connectivity index (χ0v) is 11.1. The maximum atomic E-state index is 13.5. The molecule has 0 saturated carbocycles. The van der Waals surface area contributed by atoms with Crippen molar-refractivity contribution in [1.29, 1.82) is 0 Å². The summed E-state index contributed by atoms with van der Waals surface area (Å²) in [5, 5.41) is 11.1. The summed E-state index contributed by atoms with van der Waals surface area (Å²) in [4.78, 5) is 0. The van der Waals surface area contributed by atoms with Crippen LogP contribution in [0.4, 0.5) is 8.78 Å². The molecule has 3 heteroatoms. The highest BCUT2D eigenvalue weighted by Crippen LogP contribution is 2.39. The minimum absolute atomic E-state index is 0.422. The molecule has 0 aromatic heterocycles.